The van der Waals surface area contributed by atoms with E-state index in [1.807, 2.05) is 0 Å². The molecule has 0 heterocycles. The number of hydrogen-bond donors (Lipinski definition) is 2. The van der Waals surface area contributed by atoms with Crippen LogP contribution in [0.15, 0.2) is 59.5 Å². The van der Waals surface area contributed by atoms with Gasteiger partial charge in [0, 0.05) is 5.02 Å². The fourth-order valence-corrected chi connectivity index (χ4v) is 3.29. The van der Waals surface area contributed by atoms with E-state index in [4.69, 9.17) is 17.3 Å². The molecule has 0 spiro atoms. The van der Waals surface area contributed by atoms with Crippen LogP contribution in [0.2, 0.25) is 5.02 Å². The molecule has 7 heteroatoms. The predicted octanol–water partition coefficient (Wildman–Crippen LogP) is 1.84. The maximum Gasteiger partial charge on any atom is 0.241 e. The normalized spacial score (nSPS) is 12.8. The molecular weight excluding hydrogens is 312 g/mol. The van der Waals surface area contributed by atoms with Crippen molar-refractivity contribution in [3.63, 3.8) is 0 Å². The Morgan fingerprint density at radius 1 is 1.10 bits per heavy atom. The summed E-state index contributed by atoms with van der Waals surface area (Å²) in [5, 5.41) is 0.285. The Morgan fingerprint density at radius 2 is 1.76 bits per heavy atom. The van der Waals surface area contributed by atoms with Crippen molar-refractivity contribution in [3.8, 4) is 0 Å². The number of hydrogen-bond acceptors (Lipinski definition) is 3. The van der Waals surface area contributed by atoms with Gasteiger partial charge in [0.2, 0.25) is 15.9 Å². The number of amides is 1. The summed E-state index contributed by atoms with van der Waals surface area (Å²) in [6, 6.07) is 13.0. The van der Waals surface area contributed by atoms with Crippen LogP contribution in [0.3, 0.4) is 0 Å². The van der Waals surface area contributed by atoms with Crippen molar-refractivity contribution >= 4 is 27.5 Å². The zero-order chi connectivity index (χ0) is 15.5. The molecule has 2 rings (SSSR count). The molecule has 21 heavy (non-hydrogen) atoms. The Hall–Kier alpha value is -1.89. The number of carbonyl (C=O) groups excluding carboxylic acids is 1. The number of carbonyl (C=O) groups is 1. The number of halogens is 1. The fraction of sp³-hybridized carbons (Fsp3) is 0.0714. The Labute approximate surface area is 127 Å². The highest BCUT2D eigenvalue weighted by Crippen LogP contribution is 2.19. The Bertz CT molecular complexity index is 748. The first-order valence-electron chi connectivity index (χ1n) is 6.02. The molecule has 0 saturated carbocycles. The summed E-state index contributed by atoms with van der Waals surface area (Å²) in [6.07, 6.45) is 0. The van der Waals surface area contributed by atoms with Crippen molar-refractivity contribution in [2.45, 2.75) is 10.9 Å². The Kier molecular flexibility index (Phi) is 4.62. The van der Waals surface area contributed by atoms with Crippen LogP contribution in [0.4, 0.5) is 0 Å². The number of rotatable bonds is 5. The summed E-state index contributed by atoms with van der Waals surface area (Å²) in [6.45, 7) is 0. The molecule has 0 fully saturated rings. The van der Waals surface area contributed by atoms with E-state index >= 15 is 0 Å². The third-order valence-electron chi connectivity index (χ3n) is 2.80. The summed E-state index contributed by atoms with van der Waals surface area (Å²) >= 11 is 5.78. The second-order valence-electron chi connectivity index (χ2n) is 4.32. The quantitative estimate of drug-likeness (QED) is 0.879. The molecule has 1 amide bonds. The van der Waals surface area contributed by atoms with Gasteiger partial charge in [0.05, 0.1) is 4.90 Å². The fourth-order valence-electron chi connectivity index (χ4n) is 1.79. The number of primary amides is 1. The highest BCUT2D eigenvalue weighted by Gasteiger charge is 2.25. The molecule has 3 N–H and O–H groups in total. The summed E-state index contributed by atoms with van der Waals surface area (Å²) in [4.78, 5) is 11.5. The van der Waals surface area contributed by atoms with Crippen LogP contribution in [0.5, 0.6) is 0 Å². The number of benzene rings is 2. The molecule has 0 aliphatic heterocycles. The molecule has 0 radical (unpaired) electrons. The van der Waals surface area contributed by atoms with Gasteiger partial charge in [-0.3, -0.25) is 4.79 Å². The van der Waals surface area contributed by atoms with Crippen molar-refractivity contribution < 1.29 is 13.2 Å². The van der Waals surface area contributed by atoms with Crippen molar-refractivity contribution in [2.75, 3.05) is 0 Å². The van der Waals surface area contributed by atoms with Crippen molar-refractivity contribution in [3.05, 3.63) is 65.2 Å². The Balaban J connectivity index is 2.35. The largest absolute Gasteiger partial charge is 0.368 e. The third kappa shape index (κ3) is 3.81. The monoisotopic (exact) mass is 324 g/mol. The minimum Gasteiger partial charge on any atom is -0.368 e. The van der Waals surface area contributed by atoms with Gasteiger partial charge in [0.15, 0.2) is 0 Å². The van der Waals surface area contributed by atoms with Crippen LogP contribution in [0.1, 0.15) is 11.6 Å². The minimum absolute atomic E-state index is 0.0304. The lowest BCUT2D eigenvalue weighted by atomic mass is 10.1. The highest BCUT2D eigenvalue weighted by molar-refractivity contribution is 7.89. The van der Waals surface area contributed by atoms with Gasteiger partial charge in [-0.1, -0.05) is 48.0 Å². The summed E-state index contributed by atoms with van der Waals surface area (Å²) < 4.78 is 26.9. The van der Waals surface area contributed by atoms with E-state index in [0.29, 0.717) is 5.56 Å². The maximum atomic E-state index is 12.3. The van der Waals surface area contributed by atoms with E-state index in [2.05, 4.69) is 4.72 Å². The standard InChI is InChI=1S/C14H13ClN2O3S/c15-11-7-4-8-12(9-11)21(19,20)17-13(14(16)18)10-5-2-1-3-6-10/h1-9,13,17H,(H2,16,18)/t13-/m1/s1. The summed E-state index contributed by atoms with van der Waals surface area (Å²) in [5.74, 6) is -0.785. The topological polar surface area (TPSA) is 89.3 Å². The Morgan fingerprint density at radius 3 is 2.33 bits per heavy atom. The van der Waals surface area contributed by atoms with Gasteiger partial charge in [-0.2, -0.15) is 4.72 Å². The van der Waals surface area contributed by atoms with Gasteiger partial charge in [0.25, 0.3) is 0 Å². The van der Waals surface area contributed by atoms with Gasteiger partial charge >= 0.3 is 0 Å². The predicted molar refractivity (Wildman–Crippen MR) is 80.2 cm³/mol. The third-order valence-corrected chi connectivity index (χ3v) is 4.45. The first-order valence-corrected chi connectivity index (χ1v) is 7.88. The molecule has 1 atom stereocenters. The lowest BCUT2D eigenvalue weighted by Crippen LogP contribution is -2.37. The second-order valence-corrected chi connectivity index (χ2v) is 6.48. The van der Waals surface area contributed by atoms with Crippen molar-refractivity contribution in [2.24, 2.45) is 5.73 Å². The van der Waals surface area contributed by atoms with Gasteiger partial charge in [-0.25, -0.2) is 8.42 Å². The van der Waals surface area contributed by atoms with Crippen LogP contribution in [-0.2, 0) is 14.8 Å². The molecule has 0 aliphatic rings. The number of sulfonamides is 1. The molecule has 2 aromatic rings. The molecule has 5 nitrogen and oxygen atoms in total. The number of nitrogens with one attached hydrogen (secondary N) is 1. The summed E-state index contributed by atoms with van der Waals surface area (Å²) in [5.41, 5.74) is 5.76. The first-order chi connectivity index (χ1) is 9.90. The minimum atomic E-state index is -3.91. The molecule has 0 bridgehead atoms. The zero-order valence-corrected chi connectivity index (χ0v) is 12.4. The van der Waals surface area contributed by atoms with E-state index in [0.717, 1.165) is 0 Å². The molecule has 0 aliphatic carbocycles. The maximum absolute atomic E-state index is 12.3. The second kappa shape index (κ2) is 6.26. The highest BCUT2D eigenvalue weighted by atomic mass is 35.5. The van der Waals surface area contributed by atoms with Gasteiger partial charge < -0.3 is 5.73 Å². The van der Waals surface area contributed by atoms with E-state index in [1.165, 1.54) is 18.2 Å². The molecule has 110 valence electrons. The molecule has 0 aromatic heterocycles. The summed E-state index contributed by atoms with van der Waals surface area (Å²) in [7, 11) is -3.91. The molecule has 2 aromatic carbocycles. The average molecular weight is 325 g/mol. The van der Waals surface area contributed by atoms with E-state index < -0.39 is 22.0 Å². The van der Waals surface area contributed by atoms with Crippen LogP contribution in [-0.4, -0.2) is 14.3 Å². The van der Waals surface area contributed by atoms with Crippen LogP contribution in [0, 0.1) is 0 Å². The molecular formula is C14H13ClN2O3S. The van der Waals surface area contributed by atoms with E-state index in [-0.39, 0.29) is 9.92 Å². The van der Waals surface area contributed by atoms with Gasteiger partial charge in [-0.05, 0) is 23.8 Å². The van der Waals surface area contributed by atoms with E-state index in [1.54, 1.807) is 36.4 Å². The van der Waals surface area contributed by atoms with Crippen LogP contribution >= 0.6 is 11.6 Å². The molecule has 0 unspecified atom stereocenters. The zero-order valence-electron chi connectivity index (χ0n) is 10.9. The SMILES string of the molecule is NC(=O)[C@H](NS(=O)(=O)c1cccc(Cl)c1)c1ccccc1. The van der Waals surface area contributed by atoms with Crippen molar-refractivity contribution in [1.29, 1.82) is 0 Å². The van der Waals surface area contributed by atoms with Gasteiger partial charge in [-0.15, -0.1) is 0 Å². The number of nitrogens with two attached hydrogens (primary N) is 1. The average Bonchev–Trinajstić information content (AvgIpc) is 2.45. The van der Waals surface area contributed by atoms with Crippen molar-refractivity contribution in [1.82, 2.24) is 4.72 Å². The van der Waals surface area contributed by atoms with Crippen LogP contribution < -0.4 is 10.5 Å². The van der Waals surface area contributed by atoms with Gasteiger partial charge in [0.1, 0.15) is 6.04 Å². The lowest BCUT2D eigenvalue weighted by Gasteiger charge is -2.16. The smallest absolute Gasteiger partial charge is 0.241 e. The van der Waals surface area contributed by atoms with Crippen LogP contribution in [0.25, 0.3) is 0 Å². The molecule has 0 saturated heterocycles. The van der Waals surface area contributed by atoms with E-state index in [9.17, 15) is 13.2 Å². The first kappa shape index (κ1) is 15.5. The lowest BCUT2D eigenvalue weighted by molar-refractivity contribution is -0.119.